The van der Waals surface area contributed by atoms with E-state index in [2.05, 4.69) is 54.4 Å². The largest absolute Gasteiger partial charge is 0.493 e. The number of nitrogens with zero attached hydrogens (tertiary/aromatic N) is 1. The summed E-state index contributed by atoms with van der Waals surface area (Å²) in [6.45, 7) is 2.57. The van der Waals surface area contributed by atoms with Crippen molar-refractivity contribution in [3.8, 4) is 11.5 Å². The maximum absolute atomic E-state index is 12.0. The third-order valence-electron chi connectivity index (χ3n) is 4.46. The Hall–Kier alpha value is -2.59. The van der Waals surface area contributed by atoms with E-state index in [1.165, 1.54) is 5.56 Å². The van der Waals surface area contributed by atoms with Crippen LogP contribution in [0.5, 0.6) is 11.5 Å². The van der Waals surface area contributed by atoms with Crippen LogP contribution >= 0.6 is 38.5 Å². The van der Waals surface area contributed by atoms with Crippen molar-refractivity contribution in [3.05, 3.63) is 85.4 Å². The molecular weight excluding hydrogens is 585 g/mol. The Bertz CT molecular complexity index is 1090. The fourth-order valence-electron chi connectivity index (χ4n) is 2.76. The molecule has 0 bridgehead atoms. The lowest BCUT2D eigenvalue weighted by molar-refractivity contribution is -0.119. The molecule has 0 spiro atoms. The molecule has 0 fully saturated rings. The molecule has 0 heterocycles. The van der Waals surface area contributed by atoms with E-state index in [1.54, 1.807) is 13.3 Å². The second-order valence-electron chi connectivity index (χ2n) is 6.96. The van der Waals surface area contributed by atoms with E-state index >= 15 is 0 Å². The van der Waals surface area contributed by atoms with E-state index in [0.717, 1.165) is 24.9 Å². The molecule has 0 aliphatic rings. The number of ether oxygens (including phenoxy) is 2. The number of carbonyl (C=O) groups excluding carboxylic acids is 1. The van der Waals surface area contributed by atoms with E-state index in [-0.39, 0.29) is 12.5 Å². The van der Waals surface area contributed by atoms with Crippen molar-refractivity contribution in [1.29, 1.82) is 0 Å². The second-order valence-corrected chi connectivity index (χ2v) is 9.04. The van der Waals surface area contributed by atoms with Gasteiger partial charge >= 0.3 is 0 Å². The zero-order valence-electron chi connectivity index (χ0n) is 17.7. The van der Waals surface area contributed by atoms with Crippen LogP contribution in [0.15, 0.2) is 70.2 Å². The van der Waals surface area contributed by atoms with Gasteiger partial charge in [-0.2, -0.15) is 5.10 Å². The average molecular weight is 608 g/mol. The molecule has 166 valence electrons. The number of nitrogens with one attached hydrogen (secondary N) is 2. The maximum Gasteiger partial charge on any atom is 0.259 e. The van der Waals surface area contributed by atoms with Gasteiger partial charge in [0.25, 0.3) is 5.91 Å². The first-order chi connectivity index (χ1) is 15.4. The molecule has 0 aliphatic carbocycles. The smallest absolute Gasteiger partial charge is 0.259 e. The first kappa shape index (κ1) is 24.1. The van der Waals surface area contributed by atoms with Gasteiger partial charge in [-0.05, 0) is 77.0 Å². The third-order valence-corrected chi connectivity index (χ3v) is 5.79. The number of carbonyl (C=O) groups is 1. The van der Waals surface area contributed by atoms with Gasteiger partial charge < -0.3 is 14.8 Å². The topological polar surface area (TPSA) is 72.0 Å². The van der Waals surface area contributed by atoms with Crippen LogP contribution in [0.1, 0.15) is 16.7 Å². The Morgan fingerprint density at radius 1 is 1.12 bits per heavy atom. The Labute approximate surface area is 209 Å². The van der Waals surface area contributed by atoms with Crippen LogP contribution in [-0.4, -0.2) is 25.8 Å². The summed E-state index contributed by atoms with van der Waals surface area (Å²) in [5.74, 6) is 1.03. The summed E-state index contributed by atoms with van der Waals surface area (Å²) >= 11 is 5.63. The molecule has 0 unspecified atom stereocenters. The van der Waals surface area contributed by atoms with Gasteiger partial charge in [0.1, 0.15) is 6.61 Å². The van der Waals surface area contributed by atoms with E-state index in [0.29, 0.717) is 18.1 Å². The predicted molar refractivity (Wildman–Crippen MR) is 140 cm³/mol. The van der Waals surface area contributed by atoms with Crippen molar-refractivity contribution >= 4 is 56.3 Å². The van der Waals surface area contributed by atoms with E-state index in [1.807, 2.05) is 67.6 Å². The molecule has 0 aromatic heterocycles. The van der Waals surface area contributed by atoms with Gasteiger partial charge in [0.2, 0.25) is 0 Å². The number of methoxy groups -OCH3 is 1. The normalized spacial score (nSPS) is 10.8. The molecular formula is C24H23BrIN3O3. The highest BCUT2D eigenvalue weighted by molar-refractivity contribution is 14.1. The molecule has 8 heteroatoms. The Morgan fingerprint density at radius 2 is 1.84 bits per heavy atom. The van der Waals surface area contributed by atoms with Crippen molar-refractivity contribution < 1.29 is 14.3 Å². The summed E-state index contributed by atoms with van der Waals surface area (Å²) < 4.78 is 13.4. The molecule has 0 radical (unpaired) electrons. The van der Waals surface area contributed by atoms with Gasteiger partial charge in [-0.1, -0.05) is 45.8 Å². The number of amides is 1. The number of anilines is 1. The predicted octanol–water partition coefficient (Wildman–Crippen LogP) is 5.51. The summed E-state index contributed by atoms with van der Waals surface area (Å²) in [5.41, 5.74) is 6.41. The van der Waals surface area contributed by atoms with E-state index < -0.39 is 0 Å². The minimum atomic E-state index is -0.238. The first-order valence-electron chi connectivity index (χ1n) is 9.82. The van der Waals surface area contributed by atoms with Crippen LogP contribution < -0.4 is 20.2 Å². The molecule has 2 N–H and O–H groups in total. The molecule has 3 aromatic carbocycles. The van der Waals surface area contributed by atoms with Crippen molar-refractivity contribution in [2.24, 2.45) is 5.10 Å². The Morgan fingerprint density at radius 3 is 2.53 bits per heavy atom. The van der Waals surface area contributed by atoms with Crippen LogP contribution in [-0.2, 0) is 11.4 Å². The minimum Gasteiger partial charge on any atom is -0.493 e. The van der Waals surface area contributed by atoms with E-state index in [9.17, 15) is 4.79 Å². The molecule has 3 rings (SSSR count). The lowest BCUT2D eigenvalue weighted by Crippen LogP contribution is -2.25. The molecule has 32 heavy (non-hydrogen) atoms. The lowest BCUT2D eigenvalue weighted by Gasteiger charge is -2.13. The summed E-state index contributed by atoms with van der Waals surface area (Å²) in [4.78, 5) is 12.0. The quantitative estimate of drug-likeness (QED) is 0.191. The van der Waals surface area contributed by atoms with Gasteiger partial charge in [-0.3, -0.25) is 4.79 Å². The van der Waals surface area contributed by atoms with Crippen LogP contribution in [0, 0.1) is 10.5 Å². The average Bonchev–Trinajstić information content (AvgIpc) is 2.79. The number of hydrogen-bond donors (Lipinski definition) is 2. The van der Waals surface area contributed by atoms with Gasteiger partial charge in [-0.15, -0.1) is 0 Å². The number of aryl methyl sites for hydroxylation is 1. The van der Waals surface area contributed by atoms with Crippen molar-refractivity contribution in [1.82, 2.24) is 5.43 Å². The zero-order valence-corrected chi connectivity index (χ0v) is 21.4. The summed E-state index contributed by atoms with van der Waals surface area (Å²) in [5, 5.41) is 7.11. The zero-order chi connectivity index (χ0) is 22.9. The molecule has 1 amide bonds. The highest BCUT2D eigenvalue weighted by Crippen LogP contribution is 2.34. The lowest BCUT2D eigenvalue weighted by atomic mass is 10.2. The van der Waals surface area contributed by atoms with Crippen LogP contribution in [0.25, 0.3) is 0 Å². The minimum absolute atomic E-state index is 0.129. The fourth-order valence-corrected chi connectivity index (χ4v) is 3.81. The Balaban J connectivity index is 1.57. The number of rotatable bonds is 9. The third kappa shape index (κ3) is 7.23. The van der Waals surface area contributed by atoms with Gasteiger partial charge in [-0.25, -0.2) is 5.43 Å². The molecule has 0 atom stereocenters. The SMILES string of the molecule is COc1cc(/C=N\NC(=O)CNc2ccc(C)cc2)cc(I)c1OCc1ccc(Br)cc1. The van der Waals surface area contributed by atoms with Crippen molar-refractivity contribution in [2.45, 2.75) is 13.5 Å². The molecule has 0 aliphatic heterocycles. The van der Waals surface area contributed by atoms with Crippen molar-refractivity contribution in [2.75, 3.05) is 19.0 Å². The van der Waals surface area contributed by atoms with Crippen LogP contribution in [0.2, 0.25) is 0 Å². The van der Waals surface area contributed by atoms with Gasteiger partial charge in [0.15, 0.2) is 11.5 Å². The van der Waals surface area contributed by atoms with Gasteiger partial charge in [0.05, 0.1) is 23.4 Å². The van der Waals surface area contributed by atoms with Crippen LogP contribution in [0.4, 0.5) is 5.69 Å². The molecule has 0 saturated carbocycles. The number of hydrazone groups is 1. The van der Waals surface area contributed by atoms with Crippen molar-refractivity contribution in [3.63, 3.8) is 0 Å². The van der Waals surface area contributed by atoms with E-state index in [4.69, 9.17) is 9.47 Å². The molecule has 0 saturated heterocycles. The molecule has 3 aromatic rings. The number of benzene rings is 3. The standard InChI is InChI=1S/C24H23BrIN3O3/c1-16-3-9-20(10-4-16)27-14-23(30)29-28-13-18-11-21(26)24(22(12-18)31-2)32-15-17-5-7-19(25)8-6-17/h3-13,27H,14-15H2,1-2H3,(H,29,30)/b28-13-. The summed E-state index contributed by atoms with van der Waals surface area (Å²) in [7, 11) is 1.59. The number of hydrogen-bond acceptors (Lipinski definition) is 5. The summed E-state index contributed by atoms with van der Waals surface area (Å²) in [6, 6.07) is 19.5. The maximum atomic E-state index is 12.0. The first-order valence-corrected chi connectivity index (χ1v) is 11.7. The van der Waals surface area contributed by atoms with Gasteiger partial charge in [0, 0.05) is 10.2 Å². The second kappa shape index (κ2) is 11.9. The van der Waals surface area contributed by atoms with Crippen LogP contribution in [0.3, 0.4) is 0 Å². The highest BCUT2D eigenvalue weighted by atomic mass is 127. The Kier molecular flexibility index (Phi) is 8.92. The summed E-state index contributed by atoms with van der Waals surface area (Å²) in [6.07, 6.45) is 1.58. The molecule has 6 nitrogen and oxygen atoms in total. The monoisotopic (exact) mass is 607 g/mol. The highest BCUT2D eigenvalue weighted by Gasteiger charge is 2.11. The number of halogens is 2. The fraction of sp³-hybridized carbons (Fsp3) is 0.167.